The first-order valence-corrected chi connectivity index (χ1v) is 9.68. The van der Waals surface area contributed by atoms with Gasteiger partial charge in [0.1, 0.15) is 5.82 Å². The van der Waals surface area contributed by atoms with Crippen molar-refractivity contribution < 1.29 is 0 Å². The van der Waals surface area contributed by atoms with Gasteiger partial charge in [0.2, 0.25) is 0 Å². The van der Waals surface area contributed by atoms with Crippen molar-refractivity contribution in [1.82, 2.24) is 19.6 Å². The zero-order valence-electron chi connectivity index (χ0n) is 14.9. The number of anilines is 2. The molecule has 5 rings (SSSR count). The Morgan fingerprint density at radius 1 is 0.885 bits per heavy atom. The molecule has 0 saturated carbocycles. The molecular formula is C19H20N6S. The summed E-state index contributed by atoms with van der Waals surface area (Å²) in [4.78, 5) is 14.2. The predicted molar refractivity (Wildman–Crippen MR) is 107 cm³/mol. The van der Waals surface area contributed by atoms with Crippen LogP contribution in [0.2, 0.25) is 0 Å². The highest BCUT2D eigenvalue weighted by molar-refractivity contribution is 7.22. The van der Waals surface area contributed by atoms with E-state index in [-0.39, 0.29) is 0 Å². The van der Waals surface area contributed by atoms with Crippen LogP contribution < -0.4 is 9.80 Å². The number of aryl methyl sites for hydroxylation is 2. The number of hydrogen-bond acceptors (Lipinski definition) is 6. The maximum absolute atomic E-state index is 4.80. The van der Waals surface area contributed by atoms with Gasteiger partial charge in [0.25, 0.3) is 0 Å². The zero-order chi connectivity index (χ0) is 17.7. The monoisotopic (exact) mass is 364 g/mol. The van der Waals surface area contributed by atoms with E-state index >= 15 is 0 Å². The van der Waals surface area contributed by atoms with Gasteiger partial charge in [-0.25, -0.2) is 9.97 Å². The van der Waals surface area contributed by atoms with E-state index in [0.29, 0.717) is 0 Å². The highest BCUT2D eigenvalue weighted by atomic mass is 32.1. The summed E-state index contributed by atoms with van der Waals surface area (Å²) in [6.45, 7) is 7.88. The fourth-order valence-electron chi connectivity index (χ4n) is 3.54. The second-order valence-corrected chi connectivity index (χ2v) is 7.76. The average molecular weight is 364 g/mol. The summed E-state index contributed by atoms with van der Waals surface area (Å²) >= 11 is 1.78. The van der Waals surface area contributed by atoms with Crippen molar-refractivity contribution in [2.24, 2.45) is 0 Å². The molecule has 0 N–H and O–H groups in total. The molecule has 0 aliphatic carbocycles. The van der Waals surface area contributed by atoms with E-state index in [1.54, 1.807) is 11.3 Å². The molecule has 4 heterocycles. The Morgan fingerprint density at radius 3 is 2.46 bits per heavy atom. The van der Waals surface area contributed by atoms with E-state index in [0.717, 1.165) is 59.7 Å². The first kappa shape index (κ1) is 15.6. The summed E-state index contributed by atoms with van der Waals surface area (Å²) in [6, 6.07) is 12.5. The van der Waals surface area contributed by atoms with Gasteiger partial charge in [-0.2, -0.15) is 9.61 Å². The molecule has 1 aromatic carbocycles. The Bertz CT molecular complexity index is 1060. The lowest BCUT2D eigenvalue weighted by Crippen LogP contribution is -2.47. The fourth-order valence-corrected chi connectivity index (χ4v) is 4.56. The summed E-state index contributed by atoms with van der Waals surface area (Å²) in [5, 5.41) is 5.75. The Labute approximate surface area is 155 Å². The SMILES string of the molecule is Cc1cc(N2CCN(c3nc4ccccc4s3)CC2)n2nc(C)cc2n1. The van der Waals surface area contributed by atoms with Crippen molar-refractivity contribution in [3.8, 4) is 0 Å². The number of para-hydroxylation sites is 1. The van der Waals surface area contributed by atoms with Crippen LogP contribution in [0.15, 0.2) is 36.4 Å². The summed E-state index contributed by atoms with van der Waals surface area (Å²) < 4.78 is 3.22. The topological polar surface area (TPSA) is 49.6 Å². The summed E-state index contributed by atoms with van der Waals surface area (Å²) in [7, 11) is 0. The first-order chi connectivity index (χ1) is 12.7. The van der Waals surface area contributed by atoms with Gasteiger partial charge in [0.15, 0.2) is 10.8 Å². The van der Waals surface area contributed by atoms with Gasteiger partial charge < -0.3 is 9.80 Å². The largest absolute Gasteiger partial charge is 0.353 e. The number of nitrogens with zero attached hydrogens (tertiary/aromatic N) is 6. The number of piperazine rings is 1. The Hall–Kier alpha value is -2.67. The van der Waals surface area contributed by atoms with Crippen molar-refractivity contribution in [3.63, 3.8) is 0 Å². The molecule has 0 spiro atoms. The lowest BCUT2D eigenvalue weighted by atomic mass is 10.3. The third-order valence-corrected chi connectivity index (χ3v) is 5.91. The van der Waals surface area contributed by atoms with Crippen LogP contribution in [0.3, 0.4) is 0 Å². The normalized spacial score (nSPS) is 15.3. The van der Waals surface area contributed by atoms with E-state index < -0.39 is 0 Å². The molecule has 0 atom stereocenters. The number of thiazole rings is 1. The minimum atomic E-state index is 0.922. The highest BCUT2D eigenvalue weighted by Gasteiger charge is 2.22. The first-order valence-electron chi connectivity index (χ1n) is 8.87. The molecule has 0 amide bonds. The molecule has 0 unspecified atom stereocenters. The van der Waals surface area contributed by atoms with Gasteiger partial charge in [-0.05, 0) is 26.0 Å². The Balaban J connectivity index is 1.40. The maximum atomic E-state index is 4.80. The van der Waals surface area contributed by atoms with E-state index in [2.05, 4.69) is 44.1 Å². The number of fused-ring (bicyclic) bond motifs is 2. The van der Waals surface area contributed by atoms with Crippen LogP contribution in [-0.2, 0) is 0 Å². The van der Waals surface area contributed by atoms with Gasteiger partial charge in [-0.1, -0.05) is 23.5 Å². The third-order valence-electron chi connectivity index (χ3n) is 4.82. The third kappa shape index (κ3) is 2.59. The molecule has 132 valence electrons. The molecule has 1 aliphatic rings. The molecule has 26 heavy (non-hydrogen) atoms. The molecule has 3 aromatic heterocycles. The van der Waals surface area contributed by atoms with Gasteiger partial charge in [0, 0.05) is 44.0 Å². The van der Waals surface area contributed by atoms with Crippen LogP contribution in [0.25, 0.3) is 15.9 Å². The number of rotatable bonds is 2. The number of benzene rings is 1. The molecule has 7 heteroatoms. The molecule has 0 bridgehead atoms. The lowest BCUT2D eigenvalue weighted by Gasteiger charge is -2.35. The van der Waals surface area contributed by atoms with Gasteiger partial charge >= 0.3 is 0 Å². The van der Waals surface area contributed by atoms with E-state index in [4.69, 9.17) is 4.98 Å². The molecular weight excluding hydrogens is 344 g/mol. The molecule has 1 saturated heterocycles. The van der Waals surface area contributed by atoms with Crippen LogP contribution in [0.4, 0.5) is 10.9 Å². The number of aromatic nitrogens is 4. The molecule has 0 radical (unpaired) electrons. The lowest BCUT2D eigenvalue weighted by molar-refractivity contribution is 0.637. The van der Waals surface area contributed by atoms with E-state index in [9.17, 15) is 0 Å². The van der Waals surface area contributed by atoms with Crippen LogP contribution in [0, 0.1) is 13.8 Å². The molecule has 4 aromatic rings. The predicted octanol–water partition coefficient (Wildman–Crippen LogP) is 3.28. The molecule has 6 nitrogen and oxygen atoms in total. The Kier molecular flexibility index (Phi) is 3.56. The van der Waals surface area contributed by atoms with Gasteiger partial charge in [0.05, 0.1) is 15.9 Å². The van der Waals surface area contributed by atoms with E-state index in [1.807, 2.05) is 30.5 Å². The quantitative estimate of drug-likeness (QED) is 0.546. The fraction of sp³-hybridized carbons (Fsp3) is 0.316. The molecule has 1 fully saturated rings. The van der Waals surface area contributed by atoms with Crippen molar-refractivity contribution in [3.05, 3.63) is 47.8 Å². The van der Waals surface area contributed by atoms with Crippen LogP contribution in [0.1, 0.15) is 11.4 Å². The van der Waals surface area contributed by atoms with Crippen molar-refractivity contribution in [2.75, 3.05) is 36.0 Å². The van der Waals surface area contributed by atoms with Crippen molar-refractivity contribution in [1.29, 1.82) is 0 Å². The standard InChI is InChI=1S/C19H20N6S/c1-13-12-18(25-17(20-13)11-14(2)22-25)23-7-9-24(10-8-23)19-21-15-5-3-4-6-16(15)26-19/h3-6,11-12H,7-10H2,1-2H3. The second kappa shape index (κ2) is 5.95. The van der Waals surface area contributed by atoms with Crippen LogP contribution in [-0.4, -0.2) is 45.8 Å². The second-order valence-electron chi connectivity index (χ2n) is 6.75. The average Bonchev–Trinajstić information content (AvgIpc) is 3.23. The minimum absolute atomic E-state index is 0.922. The van der Waals surface area contributed by atoms with Crippen molar-refractivity contribution in [2.45, 2.75) is 13.8 Å². The van der Waals surface area contributed by atoms with Crippen molar-refractivity contribution >= 4 is 38.2 Å². The van der Waals surface area contributed by atoms with E-state index in [1.165, 1.54) is 4.70 Å². The van der Waals surface area contributed by atoms with Gasteiger partial charge in [-0.3, -0.25) is 0 Å². The summed E-state index contributed by atoms with van der Waals surface area (Å²) in [6.07, 6.45) is 0. The van der Waals surface area contributed by atoms with Gasteiger partial charge in [-0.15, -0.1) is 0 Å². The smallest absolute Gasteiger partial charge is 0.186 e. The molecule has 1 aliphatic heterocycles. The minimum Gasteiger partial charge on any atom is -0.353 e. The Morgan fingerprint density at radius 2 is 1.65 bits per heavy atom. The highest BCUT2D eigenvalue weighted by Crippen LogP contribution is 2.30. The van der Waals surface area contributed by atoms with Crippen LogP contribution >= 0.6 is 11.3 Å². The van der Waals surface area contributed by atoms with Crippen LogP contribution in [0.5, 0.6) is 0 Å². The summed E-state index contributed by atoms with van der Waals surface area (Å²) in [5.74, 6) is 1.13. The zero-order valence-corrected chi connectivity index (χ0v) is 15.7. The maximum Gasteiger partial charge on any atom is 0.186 e. The number of hydrogen-bond donors (Lipinski definition) is 0. The summed E-state index contributed by atoms with van der Waals surface area (Å²) in [5.41, 5.74) is 4.04.